The molecule has 1 aromatic heterocycles. The molecule has 1 heterocycles. The second-order valence-corrected chi connectivity index (χ2v) is 4.66. The Hall–Kier alpha value is -1.12. The molecule has 0 aromatic carbocycles. The molecule has 1 aliphatic carbocycles. The van der Waals surface area contributed by atoms with Gasteiger partial charge in [-0.1, -0.05) is 6.92 Å². The highest BCUT2D eigenvalue weighted by molar-refractivity contribution is 5.79. The lowest BCUT2D eigenvalue weighted by atomic mass is 9.85. The average molecular weight is 206 g/mol. The summed E-state index contributed by atoms with van der Waals surface area (Å²) in [6.45, 7) is 6.24. The Balaban J connectivity index is 2.28. The smallest absolute Gasteiger partial charge is 0.134 e. The van der Waals surface area contributed by atoms with Crippen molar-refractivity contribution >= 4 is 5.78 Å². The van der Waals surface area contributed by atoms with E-state index < -0.39 is 0 Å². The molecule has 82 valence electrons. The van der Waals surface area contributed by atoms with Gasteiger partial charge in [-0.15, -0.1) is 0 Å². The topological polar surface area (TPSA) is 34.9 Å². The monoisotopic (exact) mass is 206 g/mol. The quantitative estimate of drug-likeness (QED) is 0.707. The lowest BCUT2D eigenvalue weighted by Crippen LogP contribution is -2.26. The second kappa shape index (κ2) is 3.80. The fraction of sp³-hybridized carbons (Fsp3) is 0.667. The van der Waals surface area contributed by atoms with Crippen LogP contribution in [0, 0.1) is 19.8 Å². The van der Waals surface area contributed by atoms with Crippen molar-refractivity contribution in [2.24, 2.45) is 5.92 Å². The Labute approximate surface area is 90.5 Å². The maximum atomic E-state index is 11.5. The zero-order valence-corrected chi connectivity index (χ0v) is 9.66. The first kappa shape index (κ1) is 10.4. The summed E-state index contributed by atoms with van der Waals surface area (Å²) in [5.41, 5.74) is 1.04. The van der Waals surface area contributed by atoms with E-state index in [9.17, 15) is 4.79 Å². The Morgan fingerprint density at radius 2 is 2.20 bits per heavy atom. The van der Waals surface area contributed by atoms with Crippen LogP contribution < -0.4 is 0 Å². The molecule has 15 heavy (non-hydrogen) atoms. The molecule has 0 bridgehead atoms. The Bertz CT molecular complexity index is 381. The third-order valence-corrected chi connectivity index (χ3v) is 3.37. The molecule has 0 amide bonds. The number of aromatic nitrogens is 2. The number of Topliss-reactive ketones (excluding diaryl/α,β-unsaturated/α-hetero) is 1. The van der Waals surface area contributed by atoms with Crippen LogP contribution in [0.1, 0.15) is 43.7 Å². The summed E-state index contributed by atoms with van der Waals surface area (Å²) < 4.78 is 2.18. The highest BCUT2D eigenvalue weighted by Crippen LogP contribution is 2.32. The predicted molar refractivity (Wildman–Crippen MR) is 58.8 cm³/mol. The van der Waals surface area contributed by atoms with Crippen LogP contribution in [-0.2, 0) is 4.79 Å². The largest absolute Gasteiger partial charge is 0.331 e. The molecule has 3 nitrogen and oxygen atoms in total. The van der Waals surface area contributed by atoms with Crippen molar-refractivity contribution in [3.8, 4) is 0 Å². The molecular weight excluding hydrogens is 188 g/mol. The Kier molecular flexibility index (Phi) is 2.63. The Morgan fingerprint density at radius 3 is 2.80 bits per heavy atom. The number of carbonyl (C=O) groups is 1. The molecule has 2 unspecified atom stereocenters. The SMILES string of the molecule is Cc1cn(C2CC(=O)CCC2C)c(C)n1. The van der Waals surface area contributed by atoms with E-state index in [-0.39, 0.29) is 0 Å². The highest BCUT2D eigenvalue weighted by Gasteiger charge is 2.28. The van der Waals surface area contributed by atoms with Crippen molar-refractivity contribution in [3.05, 3.63) is 17.7 Å². The maximum Gasteiger partial charge on any atom is 0.134 e. The van der Waals surface area contributed by atoms with Gasteiger partial charge in [0.15, 0.2) is 0 Å². The van der Waals surface area contributed by atoms with Gasteiger partial charge in [-0.3, -0.25) is 4.79 Å². The molecule has 0 spiro atoms. The van der Waals surface area contributed by atoms with Crippen LogP contribution in [-0.4, -0.2) is 15.3 Å². The van der Waals surface area contributed by atoms with Crippen molar-refractivity contribution in [1.82, 2.24) is 9.55 Å². The summed E-state index contributed by atoms with van der Waals surface area (Å²) in [5, 5.41) is 0. The summed E-state index contributed by atoms with van der Waals surface area (Å²) in [6.07, 6.45) is 4.51. The minimum Gasteiger partial charge on any atom is -0.331 e. The lowest BCUT2D eigenvalue weighted by molar-refractivity contribution is -0.122. The van der Waals surface area contributed by atoms with Gasteiger partial charge in [0.2, 0.25) is 0 Å². The van der Waals surface area contributed by atoms with Crippen LogP contribution in [0.4, 0.5) is 0 Å². The molecule has 0 radical (unpaired) electrons. The average Bonchev–Trinajstić information content (AvgIpc) is 2.50. The summed E-state index contributed by atoms with van der Waals surface area (Å²) in [5.74, 6) is 2.00. The maximum absolute atomic E-state index is 11.5. The predicted octanol–water partition coefficient (Wildman–Crippen LogP) is 2.43. The molecular formula is C12H18N2O. The number of hydrogen-bond acceptors (Lipinski definition) is 2. The number of hydrogen-bond donors (Lipinski definition) is 0. The van der Waals surface area contributed by atoms with Crippen LogP contribution in [0.25, 0.3) is 0 Å². The molecule has 2 atom stereocenters. The fourth-order valence-corrected chi connectivity index (χ4v) is 2.46. The van der Waals surface area contributed by atoms with Crippen LogP contribution in [0.2, 0.25) is 0 Å². The minimum atomic E-state index is 0.326. The summed E-state index contributed by atoms with van der Waals surface area (Å²) >= 11 is 0. The first-order chi connectivity index (χ1) is 7.08. The molecule has 1 aromatic rings. The van der Waals surface area contributed by atoms with Crippen molar-refractivity contribution in [2.75, 3.05) is 0 Å². The van der Waals surface area contributed by atoms with E-state index in [4.69, 9.17) is 0 Å². The lowest BCUT2D eigenvalue weighted by Gasteiger charge is -2.29. The van der Waals surface area contributed by atoms with Crippen LogP contribution in [0.5, 0.6) is 0 Å². The molecule has 0 saturated heterocycles. The zero-order chi connectivity index (χ0) is 11.0. The second-order valence-electron chi connectivity index (χ2n) is 4.66. The fourth-order valence-electron chi connectivity index (χ4n) is 2.46. The molecule has 1 fully saturated rings. The summed E-state index contributed by atoms with van der Waals surface area (Å²) in [6, 6.07) is 0.326. The van der Waals surface area contributed by atoms with Crippen LogP contribution in [0.3, 0.4) is 0 Å². The third-order valence-electron chi connectivity index (χ3n) is 3.37. The number of imidazole rings is 1. The summed E-state index contributed by atoms with van der Waals surface area (Å²) in [7, 11) is 0. The van der Waals surface area contributed by atoms with Crippen LogP contribution in [0.15, 0.2) is 6.20 Å². The molecule has 0 N–H and O–H groups in total. The zero-order valence-electron chi connectivity index (χ0n) is 9.66. The van der Waals surface area contributed by atoms with Crippen molar-refractivity contribution in [3.63, 3.8) is 0 Å². The van der Waals surface area contributed by atoms with Gasteiger partial charge in [0.1, 0.15) is 11.6 Å². The van der Waals surface area contributed by atoms with Crippen LogP contribution >= 0.6 is 0 Å². The minimum absolute atomic E-state index is 0.326. The van der Waals surface area contributed by atoms with E-state index in [1.807, 2.05) is 13.8 Å². The van der Waals surface area contributed by atoms with Gasteiger partial charge in [0, 0.05) is 25.1 Å². The van der Waals surface area contributed by atoms with E-state index in [0.717, 1.165) is 24.4 Å². The highest BCUT2D eigenvalue weighted by atomic mass is 16.1. The van der Waals surface area contributed by atoms with Gasteiger partial charge in [-0.25, -0.2) is 4.98 Å². The van der Waals surface area contributed by atoms with E-state index in [1.165, 1.54) is 0 Å². The molecule has 2 rings (SSSR count). The first-order valence-electron chi connectivity index (χ1n) is 5.61. The van der Waals surface area contributed by atoms with E-state index in [1.54, 1.807) is 0 Å². The van der Waals surface area contributed by atoms with Crippen molar-refractivity contribution in [2.45, 2.75) is 46.1 Å². The van der Waals surface area contributed by atoms with Gasteiger partial charge in [-0.05, 0) is 26.2 Å². The normalized spacial score (nSPS) is 27.0. The third kappa shape index (κ3) is 1.96. The van der Waals surface area contributed by atoms with Gasteiger partial charge in [0.25, 0.3) is 0 Å². The van der Waals surface area contributed by atoms with Crippen molar-refractivity contribution in [1.29, 1.82) is 0 Å². The summed E-state index contributed by atoms with van der Waals surface area (Å²) in [4.78, 5) is 15.9. The van der Waals surface area contributed by atoms with Gasteiger partial charge in [-0.2, -0.15) is 0 Å². The number of nitrogens with zero attached hydrogens (tertiary/aromatic N) is 2. The molecule has 1 saturated carbocycles. The number of carbonyl (C=O) groups excluding carboxylic acids is 1. The van der Waals surface area contributed by atoms with Crippen molar-refractivity contribution < 1.29 is 4.79 Å². The van der Waals surface area contributed by atoms with Gasteiger partial charge >= 0.3 is 0 Å². The van der Waals surface area contributed by atoms with Gasteiger partial charge < -0.3 is 4.57 Å². The Morgan fingerprint density at radius 1 is 1.47 bits per heavy atom. The molecule has 1 aliphatic rings. The molecule has 0 aliphatic heterocycles. The van der Waals surface area contributed by atoms with Gasteiger partial charge in [0.05, 0.1) is 5.69 Å². The number of aryl methyl sites for hydroxylation is 2. The van der Waals surface area contributed by atoms with E-state index >= 15 is 0 Å². The first-order valence-corrected chi connectivity index (χ1v) is 5.61. The van der Waals surface area contributed by atoms with E-state index in [0.29, 0.717) is 24.2 Å². The standard InChI is InChI=1S/C12H18N2O/c1-8-4-5-11(15)6-12(8)14-7-9(2)13-10(14)3/h7-8,12H,4-6H2,1-3H3. The molecule has 3 heteroatoms. The van der Waals surface area contributed by atoms with E-state index in [2.05, 4.69) is 22.7 Å². The number of rotatable bonds is 1. The number of ketones is 1.